The van der Waals surface area contributed by atoms with Crippen LogP contribution in [0.2, 0.25) is 0 Å². The second-order valence-electron chi connectivity index (χ2n) is 5.17. The van der Waals surface area contributed by atoms with Crippen LogP contribution in [0.25, 0.3) is 10.9 Å². The zero-order chi connectivity index (χ0) is 14.8. The predicted molar refractivity (Wildman–Crippen MR) is 82.5 cm³/mol. The van der Waals surface area contributed by atoms with Crippen molar-refractivity contribution in [2.45, 2.75) is 20.3 Å². The highest BCUT2D eigenvalue weighted by Gasteiger charge is 2.12. The molecule has 108 valence electrons. The number of carbonyl (C=O) groups excluding carboxylic acids is 1. The topological polar surface area (TPSA) is 58.0 Å². The zero-order valence-corrected chi connectivity index (χ0v) is 12.2. The van der Waals surface area contributed by atoms with Crippen molar-refractivity contribution in [1.29, 1.82) is 0 Å². The number of hydrogen-bond donors (Lipinski definition) is 2. The zero-order valence-electron chi connectivity index (χ0n) is 12.2. The average Bonchev–Trinajstić information content (AvgIpc) is 3.03. The molecular formula is C17H18N2O2. The number of aryl methyl sites for hydroxylation is 2. The van der Waals surface area contributed by atoms with E-state index in [1.165, 1.54) is 17.2 Å². The number of para-hydroxylation sites is 1. The van der Waals surface area contributed by atoms with Gasteiger partial charge in [0.15, 0.2) is 0 Å². The van der Waals surface area contributed by atoms with Crippen LogP contribution in [-0.4, -0.2) is 17.4 Å². The van der Waals surface area contributed by atoms with Gasteiger partial charge >= 0.3 is 0 Å². The Labute approximate surface area is 123 Å². The Balaban J connectivity index is 1.69. The van der Waals surface area contributed by atoms with Gasteiger partial charge in [-0.2, -0.15) is 0 Å². The maximum Gasteiger partial charge on any atom is 0.254 e. The molecule has 0 fully saturated rings. The van der Waals surface area contributed by atoms with E-state index in [0.29, 0.717) is 17.9 Å². The number of aromatic amines is 1. The number of hydrogen-bond acceptors (Lipinski definition) is 2. The summed E-state index contributed by atoms with van der Waals surface area (Å²) < 4.78 is 5.15. The van der Waals surface area contributed by atoms with E-state index in [0.717, 1.165) is 17.6 Å². The molecule has 0 atom stereocenters. The van der Waals surface area contributed by atoms with Gasteiger partial charge in [-0.25, -0.2) is 0 Å². The van der Waals surface area contributed by atoms with Gasteiger partial charge in [-0.15, -0.1) is 0 Å². The van der Waals surface area contributed by atoms with Crippen LogP contribution >= 0.6 is 0 Å². The van der Waals surface area contributed by atoms with Gasteiger partial charge in [0.1, 0.15) is 5.76 Å². The Bertz CT molecular complexity index is 783. The second kappa shape index (κ2) is 5.48. The van der Waals surface area contributed by atoms with Gasteiger partial charge in [0.25, 0.3) is 5.91 Å². The minimum Gasteiger partial charge on any atom is -0.469 e. The molecule has 4 heteroatoms. The molecule has 2 heterocycles. The van der Waals surface area contributed by atoms with Crippen LogP contribution in [0, 0.1) is 13.8 Å². The van der Waals surface area contributed by atoms with E-state index in [4.69, 9.17) is 4.42 Å². The molecule has 21 heavy (non-hydrogen) atoms. The number of fused-ring (bicyclic) bond motifs is 1. The molecule has 3 aromatic rings. The summed E-state index contributed by atoms with van der Waals surface area (Å²) in [6.07, 6.45) is 2.34. The van der Waals surface area contributed by atoms with Crippen LogP contribution in [0.15, 0.2) is 41.0 Å². The smallest absolute Gasteiger partial charge is 0.254 e. The van der Waals surface area contributed by atoms with E-state index in [2.05, 4.69) is 29.4 Å². The van der Waals surface area contributed by atoms with E-state index in [9.17, 15) is 4.79 Å². The first kappa shape index (κ1) is 13.5. The predicted octanol–water partition coefficient (Wildman–Crippen LogP) is 3.35. The molecular weight excluding hydrogens is 264 g/mol. The van der Waals surface area contributed by atoms with Gasteiger partial charge in [0.05, 0.1) is 11.8 Å². The van der Waals surface area contributed by atoms with E-state index < -0.39 is 0 Å². The van der Waals surface area contributed by atoms with Crippen molar-refractivity contribution in [3.8, 4) is 0 Å². The van der Waals surface area contributed by atoms with Crippen LogP contribution < -0.4 is 5.32 Å². The SMILES string of the molecule is Cc1[nH]c2ccccc2c1CCNC(=O)c1ccoc1C. The molecule has 1 amide bonds. The third-order valence-corrected chi connectivity index (χ3v) is 3.79. The molecule has 0 bridgehead atoms. The van der Waals surface area contributed by atoms with Gasteiger partial charge in [-0.1, -0.05) is 18.2 Å². The second-order valence-corrected chi connectivity index (χ2v) is 5.17. The van der Waals surface area contributed by atoms with Gasteiger partial charge in [0.2, 0.25) is 0 Å². The van der Waals surface area contributed by atoms with Crippen LogP contribution in [0.1, 0.15) is 27.4 Å². The number of aromatic nitrogens is 1. The fraction of sp³-hybridized carbons (Fsp3) is 0.235. The fourth-order valence-corrected chi connectivity index (χ4v) is 2.67. The van der Waals surface area contributed by atoms with Crippen molar-refractivity contribution < 1.29 is 9.21 Å². The number of rotatable bonds is 4. The average molecular weight is 282 g/mol. The summed E-state index contributed by atoms with van der Waals surface area (Å²) in [5.41, 5.74) is 4.16. The standard InChI is InChI=1S/C17H18N2O2/c1-11-13(15-5-3-4-6-16(15)19-11)7-9-18-17(20)14-8-10-21-12(14)2/h3-6,8,10,19H,7,9H2,1-2H3,(H,18,20). The van der Waals surface area contributed by atoms with Crippen LogP contribution in [0.3, 0.4) is 0 Å². The Morgan fingerprint density at radius 2 is 2.05 bits per heavy atom. The number of H-pyrrole nitrogens is 1. The monoisotopic (exact) mass is 282 g/mol. The summed E-state index contributed by atoms with van der Waals surface area (Å²) >= 11 is 0. The number of benzene rings is 1. The molecule has 0 saturated heterocycles. The van der Waals surface area contributed by atoms with E-state index >= 15 is 0 Å². The summed E-state index contributed by atoms with van der Waals surface area (Å²) in [6, 6.07) is 9.93. The summed E-state index contributed by atoms with van der Waals surface area (Å²) in [5, 5.41) is 4.17. The van der Waals surface area contributed by atoms with Crippen molar-refractivity contribution >= 4 is 16.8 Å². The van der Waals surface area contributed by atoms with Crippen molar-refractivity contribution in [3.05, 3.63) is 59.2 Å². The number of carbonyl (C=O) groups is 1. The summed E-state index contributed by atoms with van der Waals surface area (Å²) in [6.45, 7) is 4.46. The van der Waals surface area contributed by atoms with Crippen molar-refractivity contribution in [3.63, 3.8) is 0 Å². The molecule has 0 aliphatic rings. The first-order chi connectivity index (χ1) is 10.2. The molecule has 2 aromatic heterocycles. The summed E-state index contributed by atoms with van der Waals surface area (Å²) in [7, 11) is 0. The molecule has 0 spiro atoms. The molecule has 1 aromatic carbocycles. The van der Waals surface area contributed by atoms with Crippen LogP contribution in [0.4, 0.5) is 0 Å². The molecule has 0 radical (unpaired) electrons. The lowest BCUT2D eigenvalue weighted by Crippen LogP contribution is -2.25. The summed E-state index contributed by atoms with van der Waals surface area (Å²) in [5.74, 6) is 0.564. The molecule has 0 aliphatic heterocycles. The van der Waals surface area contributed by atoms with Gasteiger partial charge in [-0.3, -0.25) is 4.79 Å². The highest BCUT2D eigenvalue weighted by Crippen LogP contribution is 2.21. The normalized spacial score (nSPS) is 11.0. The first-order valence-corrected chi connectivity index (χ1v) is 7.05. The van der Waals surface area contributed by atoms with E-state index in [-0.39, 0.29) is 5.91 Å². The minimum absolute atomic E-state index is 0.0845. The third-order valence-electron chi connectivity index (χ3n) is 3.79. The Kier molecular flexibility index (Phi) is 3.52. The maximum absolute atomic E-state index is 12.0. The van der Waals surface area contributed by atoms with Crippen molar-refractivity contribution in [2.75, 3.05) is 6.54 Å². The highest BCUT2D eigenvalue weighted by molar-refractivity contribution is 5.95. The van der Waals surface area contributed by atoms with Crippen molar-refractivity contribution in [2.24, 2.45) is 0 Å². The van der Waals surface area contributed by atoms with Crippen LogP contribution in [-0.2, 0) is 6.42 Å². The van der Waals surface area contributed by atoms with E-state index in [1.54, 1.807) is 13.0 Å². The molecule has 3 rings (SSSR count). The molecule has 0 aliphatic carbocycles. The number of amides is 1. The lowest BCUT2D eigenvalue weighted by atomic mass is 10.1. The Morgan fingerprint density at radius 3 is 2.81 bits per heavy atom. The summed E-state index contributed by atoms with van der Waals surface area (Å²) in [4.78, 5) is 15.4. The largest absolute Gasteiger partial charge is 0.469 e. The minimum atomic E-state index is -0.0845. The van der Waals surface area contributed by atoms with Crippen LogP contribution in [0.5, 0.6) is 0 Å². The molecule has 2 N–H and O–H groups in total. The van der Waals surface area contributed by atoms with Gasteiger partial charge in [-0.05, 0) is 38.0 Å². The Morgan fingerprint density at radius 1 is 1.24 bits per heavy atom. The quantitative estimate of drug-likeness (QED) is 0.771. The molecule has 0 saturated carbocycles. The molecule has 4 nitrogen and oxygen atoms in total. The first-order valence-electron chi connectivity index (χ1n) is 7.05. The highest BCUT2D eigenvalue weighted by atomic mass is 16.3. The van der Waals surface area contributed by atoms with Gasteiger partial charge < -0.3 is 14.7 Å². The third kappa shape index (κ3) is 2.57. The Hall–Kier alpha value is -2.49. The van der Waals surface area contributed by atoms with Gasteiger partial charge in [0, 0.05) is 23.1 Å². The lowest BCUT2D eigenvalue weighted by molar-refractivity contribution is 0.0952. The van der Waals surface area contributed by atoms with E-state index in [1.807, 2.05) is 12.1 Å². The lowest BCUT2D eigenvalue weighted by Gasteiger charge is -2.05. The number of nitrogens with one attached hydrogen (secondary N) is 2. The van der Waals surface area contributed by atoms with Crippen molar-refractivity contribution in [1.82, 2.24) is 10.3 Å². The number of furan rings is 1. The molecule has 0 unspecified atom stereocenters. The fourth-order valence-electron chi connectivity index (χ4n) is 2.67. The maximum atomic E-state index is 12.0.